The van der Waals surface area contributed by atoms with Crippen LogP contribution in [0.25, 0.3) is 0 Å². The Bertz CT molecular complexity index is 848. The molecule has 4 atom stereocenters. The van der Waals surface area contributed by atoms with E-state index in [1.54, 1.807) is 0 Å². The molecule has 0 radical (unpaired) electrons. The van der Waals surface area contributed by atoms with Crippen molar-refractivity contribution >= 4 is 41.5 Å². The molecular formula is C20H37N9O8. The molecule has 0 spiro atoms. The Morgan fingerprint density at radius 1 is 0.730 bits per heavy atom. The van der Waals surface area contributed by atoms with Crippen LogP contribution < -0.4 is 44.6 Å². The number of carboxylic acid groups (broad SMARTS) is 2. The first kappa shape index (κ1) is 33.0. The first-order chi connectivity index (χ1) is 17.3. The molecule has 4 amide bonds. The second kappa shape index (κ2) is 17.4. The highest BCUT2D eigenvalue weighted by molar-refractivity contribution is 5.96. The number of guanidine groups is 1. The zero-order valence-corrected chi connectivity index (χ0v) is 20.4. The van der Waals surface area contributed by atoms with E-state index in [9.17, 15) is 39.0 Å². The largest absolute Gasteiger partial charge is 0.481 e. The molecule has 0 aromatic rings. The number of rotatable bonds is 19. The van der Waals surface area contributed by atoms with Crippen LogP contribution in [0.1, 0.15) is 44.9 Å². The summed E-state index contributed by atoms with van der Waals surface area (Å²) < 4.78 is 0. The van der Waals surface area contributed by atoms with Crippen LogP contribution >= 0.6 is 0 Å². The van der Waals surface area contributed by atoms with Gasteiger partial charge in [0, 0.05) is 6.54 Å². The molecule has 210 valence electrons. The summed E-state index contributed by atoms with van der Waals surface area (Å²) >= 11 is 0. The molecule has 37 heavy (non-hydrogen) atoms. The molecule has 17 heteroatoms. The molecule has 0 heterocycles. The Morgan fingerprint density at radius 3 is 1.81 bits per heavy atom. The molecule has 0 aliphatic carbocycles. The predicted octanol–water partition coefficient (Wildman–Crippen LogP) is -4.61. The number of nitrogens with zero attached hydrogens (tertiary/aromatic N) is 1. The van der Waals surface area contributed by atoms with Gasteiger partial charge in [-0.05, 0) is 38.6 Å². The van der Waals surface area contributed by atoms with Crippen molar-refractivity contribution in [2.45, 2.75) is 69.1 Å². The number of carbonyl (C=O) groups excluding carboxylic acids is 4. The number of hydrogen-bond acceptors (Lipinski definition) is 9. The zero-order chi connectivity index (χ0) is 28.5. The highest BCUT2D eigenvalue weighted by atomic mass is 16.4. The van der Waals surface area contributed by atoms with E-state index in [1.807, 2.05) is 0 Å². The number of aliphatic imine (C=N–C) groups is 1. The molecule has 4 unspecified atom stereocenters. The lowest BCUT2D eigenvalue weighted by Gasteiger charge is -2.24. The van der Waals surface area contributed by atoms with Crippen molar-refractivity contribution in [2.24, 2.45) is 33.7 Å². The summed E-state index contributed by atoms with van der Waals surface area (Å²) in [5.41, 5.74) is 26.7. The molecule has 0 aromatic carbocycles. The van der Waals surface area contributed by atoms with Crippen molar-refractivity contribution in [1.29, 1.82) is 0 Å². The van der Waals surface area contributed by atoms with Gasteiger partial charge in [0.25, 0.3) is 0 Å². The maximum atomic E-state index is 12.8. The van der Waals surface area contributed by atoms with Gasteiger partial charge in [-0.15, -0.1) is 0 Å². The van der Waals surface area contributed by atoms with Crippen LogP contribution in [0.4, 0.5) is 0 Å². The first-order valence-electron chi connectivity index (χ1n) is 11.4. The molecule has 0 rings (SSSR count). The first-order valence-corrected chi connectivity index (χ1v) is 11.4. The van der Waals surface area contributed by atoms with Crippen LogP contribution in [0.3, 0.4) is 0 Å². The summed E-state index contributed by atoms with van der Waals surface area (Å²) in [5, 5.41) is 25.1. The Kier molecular flexibility index (Phi) is 15.6. The van der Waals surface area contributed by atoms with Gasteiger partial charge >= 0.3 is 11.9 Å². The normalized spacial score (nSPS) is 13.8. The Hall–Kier alpha value is -3.99. The van der Waals surface area contributed by atoms with Crippen LogP contribution in [-0.4, -0.2) is 89.0 Å². The van der Waals surface area contributed by atoms with E-state index in [4.69, 9.17) is 28.7 Å². The molecule has 0 aliphatic heterocycles. The molecule has 17 nitrogen and oxygen atoms in total. The summed E-state index contributed by atoms with van der Waals surface area (Å²) in [6, 6.07) is -5.67. The quantitative estimate of drug-likeness (QED) is 0.0427. The minimum atomic E-state index is -1.65. The van der Waals surface area contributed by atoms with Crippen LogP contribution in [0.5, 0.6) is 0 Å². The van der Waals surface area contributed by atoms with Crippen molar-refractivity contribution in [3.05, 3.63) is 0 Å². The van der Waals surface area contributed by atoms with Crippen molar-refractivity contribution in [3.8, 4) is 0 Å². The van der Waals surface area contributed by atoms with Crippen molar-refractivity contribution in [1.82, 2.24) is 16.0 Å². The Balaban J connectivity index is 5.47. The van der Waals surface area contributed by atoms with Gasteiger partial charge < -0.3 is 54.8 Å². The number of nitrogens with two attached hydrogens (primary N) is 5. The second-order valence-corrected chi connectivity index (χ2v) is 8.13. The number of primary amides is 1. The lowest BCUT2D eigenvalue weighted by atomic mass is 10.1. The second-order valence-electron chi connectivity index (χ2n) is 8.13. The Morgan fingerprint density at radius 2 is 1.30 bits per heavy atom. The van der Waals surface area contributed by atoms with Gasteiger partial charge in [-0.2, -0.15) is 0 Å². The van der Waals surface area contributed by atoms with Crippen LogP contribution in [0.15, 0.2) is 4.99 Å². The van der Waals surface area contributed by atoms with Crippen LogP contribution in [0.2, 0.25) is 0 Å². The number of nitrogens with one attached hydrogen (secondary N) is 3. The van der Waals surface area contributed by atoms with E-state index in [2.05, 4.69) is 20.9 Å². The molecule has 0 aliphatic rings. The lowest BCUT2D eigenvalue weighted by molar-refractivity contribution is -0.144. The summed E-state index contributed by atoms with van der Waals surface area (Å²) in [5.74, 6) is -6.83. The van der Waals surface area contributed by atoms with Gasteiger partial charge in [-0.3, -0.25) is 29.0 Å². The van der Waals surface area contributed by atoms with Crippen molar-refractivity contribution in [3.63, 3.8) is 0 Å². The SMILES string of the molecule is NCCCCC(NC(=O)C(CC(=O)O)NC(=O)C(N)CCCN=C(N)N)C(=O)NC(CC(N)=O)C(=O)O. The highest BCUT2D eigenvalue weighted by Gasteiger charge is 2.31. The summed E-state index contributed by atoms with van der Waals surface area (Å²) in [7, 11) is 0. The third-order valence-electron chi connectivity index (χ3n) is 4.92. The highest BCUT2D eigenvalue weighted by Crippen LogP contribution is 2.05. The topological polar surface area (TPSA) is 321 Å². The van der Waals surface area contributed by atoms with Gasteiger partial charge in [0.2, 0.25) is 23.6 Å². The third-order valence-corrected chi connectivity index (χ3v) is 4.92. The fourth-order valence-corrected chi connectivity index (χ4v) is 3.02. The van der Waals surface area contributed by atoms with Gasteiger partial charge in [0.05, 0.1) is 18.9 Å². The standard InChI is InChI=1S/C20H37N9O8/c21-6-2-1-5-11(17(34)29-13(19(36)37)8-14(23)30)27-18(35)12(9-15(31)32)28-16(33)10(22)4-3-7-26-20(24)25/h10-13H,1-9,21-22H2,(H2,23,30)(H,27,35)(H,28,33)(H,29,34)(H,31,32)(H,36,37)(H4,24,25,26). The summed E-state index contributed by atoms with van der Waals surface area (Å²) in [6.45, 7) is 0.482. The fraction of sp³-hybridized carbons (Fsp3) is 0.650. The van der Waals surface area contributed by atoms with E-state index in [0.29, 0.717) is 19.3 Å². The van der Waals surface area contributed by atoms with Crippen molar-refractivity contribution in [2.75, 3.05) is 13.1 Å². The smallest absolute Gasteiger partial charge is 0.326 e. The molecule has 0 saturated heterocycles. The van der Waals surface area contributed by atoms with Gasteiger partial charge in [0.15, 0.2) is 5.96 Å². The number of unbranched alkanes of at least 4 members (excludes halogenated alkanes) is 1. The molecule has 0 aromatic heterocycles. The molecule has 0 saturated carbocycles. The zero-order valence-electron chi connectivity index (χ0n) is 20.4. The van der Waals surface area contributed by atoms with E-state index < -0.39 is 72.6 Å². The van der Waals surface area contributed by atoms with E-state index >= 15 is 0 Å². The minimum Gasteiger partial charge on any atom is -0.481 e. The summed E-state index contributed by atoms with van der Waals surface area (Å²) in [6.07, 6.45) is -0.230. The molecule has 15 N–H and O–H groups in total. The molecule has 0 fully saturated rings. The number of amides is 4. The van der Waals surface area contributed by atoms with Crippen molar-refractivity contribution < 1.29 is 39.0 Å². The number of carboxylic acids is 2. The Labute approximate surface area is 212 Å². The molecular weight excluding hydrogens is 494 g/mol. The number of hydrogen-bond donors (Lipinski definition) is 10. The average Bonchev–Trinajstić information content (AvgIpc) is 2.79. The minimum absolute atomic E-state index is 0.00965. The number of aliphatic carboxylic acids is 2. The maximum absolute atomic E-state index is 12.8. The van der Waals surface area contributed by atoms with E-state index in [-0.39, 0.29) is 31.9 Å². The number of carbonyl (C=O) groups is 6. The van der Waals surface area contributed by atoms with E-state index in [1.165, 1.54) is 0 Å². The van der Waals surface area contributed by atoms with Crippen LogP contribution in [0, 0.1) is 0 Å². The van der Waals surface area contributed by atoms with E-state index in [0.717, 1.165) is 0 Å². The van der Waals surface area contributed by atoms with Gasteiger partial charge in [0.1, 0.15) is 18.1 Å². The van der Waals surface area contributed by atoms with Gasteiger partial charge in [-0.1, -0.05) is 0 Å². The predicted molar refractivity (Wildman–Crippen MR) is 130 cm³/mol. The maximum Gasteiger partial charge on any atom is 0.326 e. The summed E-state index contributed by atoms with van der Waals surface area (Å²) in [4.78, 5) is 75.5. The third kappa shape index (κ3) is 14.9. The average molecular weight is 532 g/mol. The lowest BCUT2D eigenvalue weighted by Crippen LogP contribution is -2.57. The van der Waals surface area contributed by atoms with Gasteiger partial charge in [-0.25, -0.2) is 4.79 Å². The monoisotopic (exact) mass is 531 g/mol. The molecule has 0 bridgehead atoms. The van der Waals surface area contributed by atoms with Crippen LogP contribution in [-0.2, 0) is 28.8 Å². The fourth-order valence-electron chi connectivity index (χ4n) is 3.02.